The third-order valence-corrected chi connectivity index (χ3v) is 13.6. The molecular weight excluding hydrogens is 777 g/mol. The molecule has 0 bridgehead atoms. The van der Waals surface area contributed by atoms with Gasteiger partial charge in [-0.05, 0) is 78.9 Å². The molecule has 0 aliphatic heterocycles. The number of fused-ring (bicyclic) bond motifs is 12. The first kappa shape index (κ1) is 35.0. The lowest BCUT2D eigenvalue weighted by atomic mass is 10.0. The standard InChI is InChI=1S/C60H38N4/c1-9-25-51-41(17-1)42-18-2-10-26-52(42)61(51)39-34-36-59-50(37-39)49-35-33-40(62-53-27-11-3-19-43(53)44-20-4-12-28-54(44)62)38-60(49)64(59)58-32-16-8-24-48(58)47-23-7-15-31-57(47)63-55-29-13-5-21-45(55)46-22-6-14-30-56(46)63/h1-38H. The van der Waals surface area contributed by atoms with Crippen molar-refractivity contribution in [3.8, 4) is 33.9 Å². The van der Waals surface area contributed by atoms with Crippen LogP contribution in [0.5, 0.6) is 0 Å². The van der Waals surface area contributed by atoms with Gasteiger partial charge in [-0.25, -0.2) is 0 Å². The van der Waals surface area contributed by atoms with E-state index in [1.54, 1.807) is 0 Å². The quantitative estimate of drug-likeness (QED) is 0.165. The first-order chi connectivity index (χ1) is 31.8. The molecule has 4 heterocycles. The van der Waals surface area contributed by atoms with E-state index in [4.69, 9.17) is 0 Å². The lowest BCUT2D eigenvalue weighted by Gasteiger charge is -2.19. The molecule has 14 aromatic rings. The molecule has 0 aliphatic carbocycles. The van der Waals surface area contributed by atoms with Crippen LogP contribution in [0.1, 0.15) is 0 Å². The lowest BCUT2D eigenvalue weighted by Crippen LogP contribution is -2.02. The monoisotopic (exact) mass is 814 g/mol. The summed E-state index contributed by atoms with van der Waals surface area (Å²) in [6, 6.07) is 84.6. The smallest absolute Gasteiger partial charge is 0.0562 e. The molecule has 0 atom stereocenters. The SMILES string of the molecule is c1ccc(-n2c3ccccc3c3ccccc32)c(-c2ccccc2-n2c3ccc(-n4c5ccccc5c5ccccc54)cc3c3ccc(-n4c5ccccc5c5ccccc54)cc32)c1. The molecule has 0 fully saturated rings. The molecule has 0 saturated heterocycles. The average molecular weight is 815 g/mol. The van der Waals surface area contributed by atoms with Crippen LogP contribution in [0, 0.1) is 0 Å². The van der Waals surface area contributed by atoms with Gasteiger partial charge in [0.25, 0.3) is 0 Å². The molecule has 4 nitrogen and oxygen atoms in total. The average Bonchev–Trinajstić information content (AvgIpc) is 4.09. The van der Waals surface area contributed by atoms with Crippen molar-refractivity contribution in [2.45, 2.75) is 0 Å². The van der Waals surface area contributed by atoms with E-state index in [2.05, 4.69) is 249 Å². The van der Waals surface area contributed by atoms with Crippen LogP contribution in [0.25, 0.3) is 121 Å². The maximum absolute atomic E-state index is 2.51. The van der Waals surface area contributed by atoms with E-state index in [1.165, 1.54) is 81.8 Å². The van der Waals surface area contributed by atoms with E-state index in [1.807, 2.05) is 0 Å². The summed E-state index contributed by atoms with van der Waals surface area (Å²) < 4.78 is 9.81. The van der Waals surface area contributed by atoms with E-state index in [0.29, 0.717) is 0 Å². The molecule has 0 amide bonds. The van der Waals surface area contributed by atoms with Crippen molar-refractivity contribution in [2.75, 3.05) is 0 Å². The maximum atomic E-state index is 2.51. The Hall–Kier alpha value is -8.60. The Labute approximate surface area is 368 Å². The van der Waals surface area contributed by atoms with Crippen molar-refractivity contribution in [1.29, 1.82) is 0 Å². The maximum Gasteiger partial charge on any atom is 0.0562 e. The van der Waals surface area contributed by atoms with Crippen LogP contribution in [0.4, 0.5) is 0 Å². The Balaban J connectivity index is 1.07. The Kier molecular flexibility index (Phi) is 7.36. The zero-order valence-electron chi connectivity index (χ0n) is 34.7. The number of aromatic nitrogens is 4. The summed E-state index contributed by atoms with van der Waals surface area (Å²) >= 11 is 0. The highest BCUT2D eigenvalue weighted by molar-refractivity contribution is 6.15. The van der Waals surface area contributed by atoms with Crippen LogP contribution >= 0.6 is 0 Å². The Morgan fingerprint density at radius 3 is 0.922 bits per heavy atom. The number of benzene rings is 10. The minimum Gasteiger partial charge on any atom is -0.309 e. The number of para-hydroxylation sites is 8. The second-order valence-corrected chi connectivity index (χ2v) is 16.9. The summed E-state index contributed by atoms with van der Waals surface area (Å²) in [7, 11) is 0. The Morgan fingerprint density at radius 2 is 0.484 bits per heavy atom. The fourth-order valence-corrected chi connectivity index (χ4v) is 10.9. The van der Waals surface area contributed by atoms with Crippen LogP contribution in [0.15, 0.2) is 231 Å². The molecule has 0 aliphatic rings. The number of rotatable bonds is 5. The molecule has 4 heteroatoms. The van der Waals surface area contributed by atoms with Crippen LogP contribution in [-0.2, 0) is 0 Å². The van der Waals surface area contributed by atoms with Gasteiger partial charge in [0, 0.05) is 65.6 Å². The van der Waals surface area contributed by atoms with Gasteiger partial charge in [-0.2, -0.15) is 0 Å². The zero-order valence-corrected chi connectivity index (χ0v) is 34.7. The zero-order chi connectivity index (χ0) is 41.9. The summed E-state index contributed by atoms with van der Waals surface area (Å²) in [4.78, 5) is 0. The number of hydrogen-bond donors (Lipinski definition) is 0. The van der Waals surface area contributed by atoms with Gasteiger partial charge in [0.15, 0.2) is 0 Å². The number of hydrogen-bond acceptors (Lipinski definition) is 0. The largest absolute Gasteiger partial charge is 0.309 e. The molecule has 298 valence electrons. The molecule has 0 saturated carbocycles. The van der Waals surface area contributed by atoms with Crippen molar-refractivity contribution < 1.29 is 0 Å². The van der Waals surface area contributed by atoms with Crippen molar-refractivity contribution in [3.05, 3.63) is 231 Å². The van der Waals surface area contributed by atoms with Crippen molar-refractivity contribution >= 4 is 87.2 Å². The minimum absolute atomic E-state index is 1.12. The van der Waals surface area contributed by atoms with Gasteiger partial charge in [-0.1, -0.05) is 152 Å². The molecule has 0 N–H and O–H groups in total. The van der Waals surface area contributed by atoms with Crippen LogP contribution in [0.2, 0.25) is 0 Å². The molecular formula is C60H38N4. The molecule has 0 unspecified atom stereocenters. The minimum atomic E-state index is 1.12. The van der Waals surface area contributed by atoms with Crippen molar-refractivity contribution in [3.63, 3.8) is 0 Å². The van der Waals surface area contributed by atoms with E-state index < -0.39 is 0 Å². The van der Waals surface area contributed by atoms with E-state index in [9.17, 15) is 0 Å². The van der Waals surface area contributed by atoms with Gasteiger partial charge < -0.3 is 18.3 Å². The summed E-state index contributed by atoms with van der Waals surface area (Å²) in [5.41, 5.74) is 16.3. The molecule has 10 aromatic carbocycles. The Bertz CT molecular complexity index is 4050. The molecule has 14 rings (SSSR count). The molecule has 64 heavy (non-hydrogen) atoms. The summed E-state index contributed by atoms with van der Waals surface area (Å²) in [6.07, 6.45) is 0. The normalized spacial score (nSPS) is 12.1. The highest BCUT2D eigenvalue weighted by Crippen LogP contribution is 2.43. The molecule has 4 aromatic heterocycles. The van der Waals surface area contributed by atoms with E-state index >= 15 is 0 Å². The van der Waals surface area contributed by atoms with Crippen LogP contribution < -0.4 is 0 Å². The van der Waals surface area contributed by atoms with E-state index in [-0.39, 0.29) is 0 Å². The van der Waals surface area contributed by atoms with Crippen molar-refractivity contribution in [2.24, 2.45) is 0 Å². The second-order valence-electron chi connectivity index (χ2n) is 16.9. The van der Waals surface area contributed by atoms with Gasteiger partial charge in [0.05, 0.1) is 55.5 Å². The highest BCUT2D eigenvalue weighted by Gasteiger charge is 2.22. The summed E-state index contributed by atoms with van der Waals surface area (Å²) in [6.45, 7) is 0. The van der Waals surface area contributed by atoms with Crippen LogP contribution in [0.3, 0.4) is 0 Å². The van der Waals surface area contributed by atoms with E-state index in [0.717, 1.165) is 39.3 Å². The van der Waals surface area contributed by atoms with Gasteiger partial charge in [-0.3, -0.25) is 0 Å². The molecule has 0 spiro atoms. The third-order valence-electron chi connectivity index (χ3n) is 13.6. The first-order valence-electron chi connectivity index (χ1n) is 22.0. The topological polar surface area (TPSA) is 19.7 Å². The van der Waals surface area contributed by atoms with Crippen LogP contribution in [-0.4, -0.2) is 18.3 Å². The van der Waals surface area contributed by atoms with Gasteiger partial charge in [-0.15, -0.1) is 0 Å². The lowest BCUT2D eigenvalue weighted by molar-refractivity contribution is 1.14. The Morgan fingerprint density at radius 1 is 0.188 bits per heavy atom. The molecule has 0 radical (unpaired) electrons. The van der Waals surface area contributed by atoms with Gasteiger partial charge in [0.2, 0.25) is 0 Å². The third kappa shape index (κ3) is 4.88. The predicted octanol–water partition coefficient (Wildman–Crippen LogP) is 15.7. The number of nitrogens with zero attached hydrogens (tertiary/aromatic N) is 4. The second kappa shape index (κ2) is 13.4. The fraction of sp³-hybridized carbons (Fsp3) is 0. The fourth-order valence-electron chi connectivity index (χ4n) is 10.9. The van der Waals surface area contributed by atoms with Crippen molar-refractivity contribution in [1.82, 2.24) is 18.3 Å². The highest BCUT2D eigenvalue weighted by atomic mass is 15.0. The summed E-state index contributed by atoms with van der Waals surface area (Å²) in [5, 5.41) is 9.92. The first-order valence-corrected chi connectivity index (χ1v) is 22.0. The predicted molar refractivity (Wildman–Crippen MR) is 269 cm³/mol. The summed E-state index contributed by atoms with van der Waals surface area (Å²) in [5.74, 6) is 0. The van der Waals surface area contributed by atoms with Gasteiger partial charge >= 0.3 is 0 Å². The van der Waals surface area contributed by atoms with Gasteiger partial charge in [0.1, 0.15) is 0 Å².